The Balaban J connectivity index is 2.84. The van der Waals surface area contributed by atoms with Gasteiger partial charge >= 0.3 is 0 Å². The van der Waals surface area contributed by atoms with Gasteiger partial charge in [0.15, 0.2) is 5.75 Å². The zero-order chi connectivity index (χ0) is 12.1. The molecule has 0 radical (unpaired) electrons. The number of carbonyl (C=O) groups excluding carboxylic acids is 1. The van der Waals surface area contributed by atoms with Crippen LogP contribution in [0.4, 0.5) is 0 Å². The first-order valence-corrected chi connectivity index (χ1v) is 5.22. The molecule has 16 heavy (non-hydrogen) atoms. The van der Waals surface area contributed by atoms with E-state index in [-0.39, 0.29) is 17.1 Å². The molecule has 0 unspecified atom stereocenters. The SMILES string of the molecule is CCc1c(O)c(=O)ccn1CCNC(C)=O. The lowest BCUT2D eigenvalue weighted by atomic mass is 10.2. The maximum Gasteiger partial charge on any atom is 0.223 e. The number of aromatic nitrogens is 1. The molecule has 1 aromatic rings. The third kappa shape index (κ3) is 2.85. The van der Waals surface area contributed by atoms with Gasteiger partial charge in [-0.25, -0.2) is 0 Å². The predicted molar refractivity (Wildman–Crippen MR) is 60.4 cm³/mol. The van der Waals surface area contributed by atoms with E-state index in [0.29, 0.717) is 25.2 Å². The molecule has 5 nitrogen and oxygen atoms in total. The Kier molecular flexibility index (Phi) is 4.10. The van der Waals surface area contributed by atoms with Gasteiger partial charge in [-0.15, -0.1) is 0 Å². The van der Waals surface area contributed by atoms with Crippen molar-refractivity contribution in [3.8, 4) is 5.75 Å². The van der Waals surface area contributed by atoms with Gasteiger partial charge in [-0.05, 0) is 6.42 Å². The number of aromatic hydroxyl groups is 1. The van der Waals surface area contributed by atoms with Crippen molar-refractivity contribution in [2.75, 3.05) is 6.54 Å². The van der Waals surface area contributed by atoms with E-state index in [1.165, 1.54) is 13.0 Å². The molecule has 2 N–H and O–H groups in total. The normalized spacial score (nSPS) is 10.1. The van der Waals surface area contributed by atoms with Gasteiger partial charge in [0.2, 0.25) is 11.3 Å². The molecule has 0 atom stereocenters. The van der Waals surface area contributed by atoms with Crippen molar-refractivity contribution >= 4 is 5.91 Å². The molecule has 0 bridgehead atoms. The van der Waals surface area contributed by atoms with Gasteiger partial charge in [-0.2, -0.15) is 0 Å². The summed E-state index contributed by atoms with van der Waals surface area (Å²) in [5.41, 5.74) is 0.227. The topological polar surface area (TPSA) is 71.3 Å². The van der Waals surface area contributed by atoms with E-state index in [1.54, 1.807) is 10.8 Å². The largest absolute Gasteiger partial charge is 0.503 e. The average Bonchev–Trinajstić information content (AvgIpc) is 2.23. The van der Waals surface area contributed by atoms with E-state index in [0.717, 1.165) is 0 Å². The standard InChI is InChI=1S/C11H16N2O3/c1-3-9-11(16)10(15)4-6-13(9)7-5-12-8(2)14/h4,6,16H,3,5,7H2,1-2H3,(H,12,14). The molecular weight excluding hydrogens is 208 g/mol. The first-order chi connectivity index (χ1) is 7.56. The lowest BCUT2D eigenvalue weighted by molar-refractivity contribution is -0.118. The third-order valence-electron chi connectivity index (χ3n) is 2.32. The van der Waals surface area contributed by atoms with Gasteiger partial charge in [-0.3, -0.25) is 9.59 Å². The first-order valence-electron chi connectivity index (χ1n) is 5.22. The van der Waals surface area contributed by atoms with E-state index in [1.807, 2.05) is 6.92 Å². The lowest BCUT2D eigenvalue weighted by Gasteiger charge is -2.13. The molecule has 0 spiro atoms. The minimum absolute atomic E-state index is 0.0942. The summed E-state index contributed by atoms with van der Waals surface area (Å²) in [6.45, 7) is 4.33. The smallest absolute Gasteiger partial charge is 0.223 e. The highest BCUT2D eigenvalue weighted by atomic mass is 16.3. The Morgan fingerprint density at radius 2 is 2.25 bits per heavy atom. The predicted octanol–water partition coefficient (Wildman–Crippen LogP) is 0.252. The summed E-state index contributed by atoms with van der Waals surface area (Å²) in [5.74, 6) is -0.295. The molecule has 1 rings (SSSR count). The van der Waals surface area contributed by atoms with Crippen LogP contribution in [0.1, 0.15) is 19.5 Å². The summed E-state index contributed by atoms with van der Waals surface area (Å²) >= 11 is 0. The van der Waals surface area contributed by atoms with Gasteiger partial charge in [0.05, 0.1) is 5.69 Å². The monoisotopic (exact) mass is 224 g/mol. The second-order valence-electron chi connectivity index (χ2n) is 3.51. The van der Waals surface area contributed by atoms with E-state index < -0.39 is 0 Å². The van der Waals surface area contributed by atoms with Crippen LogP contribution in [0, 0.1) is 0 Å². The summed E-state index contributed by atoms with van der Waals surface area (Å²) in [6.07, 6.45) is 2.20. The fourth-order valence-electron chi connectivity index (χ4n) is 1.54. The van der Waals surface area contributed by atoms with Crippen LogP contribution in [0.15, 0.2) is 17.1 Å². The molecule has 0 saturated heterocycles. The second-order valence-corrected chi connectivity index (χ2v) is 3.51. The number of amides is 1. The van der Waals surface area contributed by atoms with Crippen LogP contribution in [0.5, 0.6) is 5.75 Å². The highest BCUT2D eigenvalue weighted by Gasteiger charge is 2.07. The van der Waals surface area contributed by atoms with Crippen LogP contribution in [-0.4, -0.2) is 22.1 Å². The summed E-state index contributed by atoms with van der Waals surface area (Å²) in [4.78, 5) is 21.9. The summed E-state index contributed by atoms with van der Waals surface area (Å²) in [7, 11) is 0. The fourth-order valence-corrected chi connectivity index (χ4v) is 1.54. The maximum atomic E-state index is 11.2. The zero-order valence-electron chi connectivity index (χ0n) is 9.49. The van der Waals surface area contributed by atoms with Crippen molar-refractivity contribution in [2.24, 2.45) is 0 Å². The third-order valence-corrected chi connectivity index (χ3v) is 2.32. The van der Waals surface area contributed by atoms with Crippen molar-refractivity contribution in [3.05, 3.63) is 28.2 Å². The number of hydrogen-bond donors (Lipinski definition) is 2. The lowest BCUT2D eigenvalue weighted by Crippen LogP contribution is -2.25. The Morgan fingerprint density at radius 3 is 2.81 bits per heavy atom. The number of nitrogens with zero attached hydrogens (tertiary/aromatic N) is 1. The Labute approximate surface area is 93.7 Å². The van der Waals surface area contributed by atoms with Crippen molar-refractivity contribution in [3.63, 3.8) is 0 Å². The molecule has 0 fully saturated rings. The van der Waals surface area contributed by atoms with E-state index in [9.17, 15) is 14.7 Å². The molecule has 1 aromatic heterocycles. The van der Waals surface area contributed by atoms with E-state index >= 15 is 0 Å². The van der Waals surface area contributed by atoms with Crippen molar-refractivity contribution in [2.45, 2.75) is 26.8 Å². The van der Waals surface area contributed by atoms with Gasteiger partial charge in [0.1, 0.15) is 0 Å². The highest BCUT2D eigenvalue weighted by Crippen LogP contribution is 2.11. The Hall–Kier alpha value is -1.78. The molecule has 88 valence electrons. The molecule has 0 aliphatic heterocycles. The number of nitrogens with one attached hydrogen (secondary N) is 1. The Bertz CT molecular complexity index is 437. The molecule has 5 heteroatoms. The van der Waals surface area contributed by atoms with Crippen LogP contribution >= 0.6 is 0 Å². The quantitative estimate of drug-likeness (QED) is 0.770. The number of hydrogen-bond acceptors (Lipinski definition) is 3. The van der Waals surface area contributed by atoms with Crippen LogP contribution < -0.4 is 10.7 Å². The summed E-state index contributed by atoms with van der Waals surface area (Å²) < 4.78 is 1.77. The molecule has 0 saturated carbocycles. The fraction of sp³-hybridized carbons (Fsp3) is 0.455. The number of pyridine rings is 1. The first kappa shape index (κ1) is 12.3. The van der Waals surface area contributed by atoms with Crippen LogP contribution in [0.2, 0.25) is 0 Å². The van der Waals surface area contributed by atoms with Gasteiger partial charge < -0.3 is 15.0 Å². The zero-order valence-corrected chi connectivity index (χ0v) is 9.49. The Morgan fingerprint density at radius 1 is 1.56 bits per heavy atom. The van der Waals surface area contributed by atoms with Crippen molar-refractivity contribution < 1.29 is 9.90 Å². The van der Waals surface area contributed by atoms with E-state index in [2.05, 4.69) is 5.32 Å². The van der Waals surface area contributed by atoms with E-state index in [4.69, 9.17) is 0 Å². The molecule has 1 amide bonds. The molecule has 1 heterocycles. The number of rotatable bonds is 4. The van der Waals surface area contributed by atoms with Gasteiger partial charge in [0, 0.05) is 32.3 Å². The number of carbonyl (C=O) groups is 1. The van der Waals surface area contributed by atoms with Crippen LogP contribution in [0.3, 0.4) is 0 Å². The molecule has 0 aromatic carbocycles. The maximum absolute atomic E-state index is 11.2. The highest BCUT2D eigenvalue weighted by molar-refractivity contribution is 5.72. The van der Waals surface area contributed by atoms with Gasteiger partial charge in [0.25, 0.3) is 0 Å². The minimum atomic E-state index is -0.368. The van der Waals surface area contributed by atoms with Crippen LogP contribution in [-0.2, 0) is 17.8 Å². The van der Waals surface area contributed by atoms with Crippen molar-refractivity contribution in [1.29, 1.82) is 0 Å². The molecule has 0 aliphatic carbocycles. The molecule has 0 aliphatic rings. The van der Waals surface area contributed by atoms with Crippen molar-refractivity contribution in [1.82, 2.24) is 9.88 Å². The summed E-state index contributed by atoms with van der Waals surface area (Å²) in [5, 5.41) is 12.2. The summed E-state index contributed by atoms with van der Waals surface area (Å²) in [6, 6.07) is 1.32. The molecular formula is C11H16N2O3. The second kappa shape index (κ2) is 5.34. The van der Waals surface area contributed by atoms with Gasteiger partial charge in [-0.1, -0.05) is 6.92 Å². The van der Waals surface area contributed by atoms with Crippen LogP contribution in [0.25, 0.3) is 0 Å². The average molecular weight is 224 g/mol. The minimum Gasteiger partial charge on any atom is -0.503 e.